The molecule has 3 heterocycles. The van der Waals surface area contributed by atoms with E-state index in [0.717, 1.165) is 0 Å². The van der Waals surface area contributed by atoms with E-state index in [1.54, 1.807) is 48.5 Å². The van der Waals surface area contributed by atoms with Crippen molar-refractivity contribution in [3.63, 3.8) is 0 Å². The van der Waals surface area contributed by atoms with Crippen molar-refractivity contribution in [1.82, 2.24) is 14.8 Å². The molecule has 0 radical (unpaired) electrons. The third-order valence-electron chi connectivity index (χ3n) is 5.30. The first-order chi connectivity index (χ1) is 13.9. The van der Waals surface area contributed by atoms with Crippen molar-refractivity contribution in [1.29, 1.82) is 0 Å². The smallest absolute Gasteiger partial charge is 0.353 e. The number of carboxylic acids is 1. The highest BCUT2D eigenvalue weighted by Gasteiger charge is 2.58. The number of carbonyl (C=O) groups is 2. The van der Waals surface area contributed by atoms with Crippen LogP contribution >= 0.6 is 15.9 Å². The third-order valence-corrected chi connectivity index (χ3v) is 5.79. The van der Waals surface area contributed by atoms with Gasteiger partial charge in [0.05, 0.1) is 5.69 Å². The van der Waals surface area contributed by atoms with Gasteiger partial charge < -0.3 is 5.11 Å². The minimum atomic E-state index is -1.77. The fourth-order valence-corrected chi connectivity index (χ4v) is 4.38. The van der Waals surface area contributed by atoms with Gasteiger partial charge in [0.15, 0.2) is 11.5 Å². The van der Waals surface area contributed by atoms with E-state index < -0.39 is 17.2 Å². The second-order valence-corrected chi connectivity index (χ2v) is 7.80. The number of anilines is 1. The lowest BCUT2D eigenvalue weighted by Crippen LogP contribution is -2.58. The van der Waals surface area contributed by atoms with E-state index in [1.165, 1.54) is 9.58 Å². The molecule has 0 spiro atoms. The zero-order valence-electron chi connectivity index (χ0n) is 14.9. The van der Waals surface area contributed by atoms with Gasteiger partial charge in [0.25, 0.3) is 5.56 Å². The highest BCUT2D eigenvalue weighted by Crippen LogP contribution is 2.48. The molecule has 1 aromatic heterocycles. The van der Waals surface area contributed by atoms with Gasteiger partial charge in [-0.25, -0.2) is 9.48 Å². The number of carbonyl (C=O) groups excluding carboxylic acids is 1. The molecule has 5 rings (SSSR count). The normalized spacial score (nSPS) is 19.5. The summed E-state index contributed by atoms with van der Waals surface area (Å²) in [6.45, 7) is 0. The third kappa shape index (κ3) is 2.34. The van der Waals surface area contributed by atoms with Gasteiger partial charge >= 0.3 is 5.97 Å². The van der Waals surface area contributed by atoms with Crippen molar-refractivity contribution in [3.05, 3.63) is 63.4 Å². The Morgan fingerprint density at radius 1 is 1.14 bits per heavy atom. The van der Waals surface area contributed by atoms with Crippen LogP contribution < -0.4 is 10.5 Å². The summed E-state index contributed by atoms with van der Waals surface area (Å²) in [6.07, 6.45) is 0.0746. The maximum absolute atomic E-state index is 12.8. The Morgan fingerprint density at radius 2 is 1.90 bits per heavy atom. The van der Waals surface area contributed by atoms with E-state index in [9.17, 15) is 19.5 Å². The summed E-state index contributed by atoms with van der Waals surface area (Å²) in [4.78, 5) is 43.5. The lowest BCUT2D eigenvalue weighted by molar-refractivity contribution is -0.148. The number of halogens is 1. The number of aromatic nitrogens is 3. The maximum Gasteiger partial charge on any atom is 0.353 e. The molecule has 1 fully saturated rings. The molecule has 0 unspecified atom stereocenters. The second-order valence-electron chi connectivity index (χ2n) is 6.88. The highest BCUT2D eigenvalue weighted by atomic mass is 79.9. The second kappa shape index (κ2) is 6.08. The lowest BCUT2D eigenvalue weighted by atomic mass is 10.00. The van der Waals surface area contributed by atoms with Gasteiger partial charge in [0, 0.05) is 28.4 Å². The van der Waals surface area contributed by atoms with Crippen molar-refractivity contribution < 1.29 is 14.7 Å². The van der Waals surface area contributed by atoms with Crippen LogP contribution in [-0.2, 0) is 15.3 Å². The van der Waals surface area contributed by atoms with Crippen LogP contribution in [-0.4, -0.2) is 31.7 Å². The summed E-state index contributed by atoms with van der Waals surface area (Å²) in [7, 11) is 0. The monoisotopic (exact) mass is 452 g/mol. The zero-order valence-corrected chi connectivity index (χ0v) is 16.5. The molecule has 1 amide bonds. The molecule has 0 saturated carbocycles. The van der Waals surface area contributed by atoms with Crippen molar-refractivity contribution in [2.75, 3.05) is 4.90 Å². The highest BCUT2D eigenvalue weighted by molar-refractivity contribution is 9.10. The van der Waals surface area contributed by atoms with Gasteiger partial charge in [0.2, 0.25) is 11.6 Å². The van der Waals surface area contributed by atoms with E-state index in [1.807, 2.05) is 0 Å². The van der Waals surface area contributed by atoms with Gasteiger partial charge in [-0.15, -0.1) is 0 Å². The topological polar surface area (TPSA) is 105 Å². The Bertz CT molecular complexity index is 1260. The molecule has 1 saturated heterocycles. The number of fused-ring (bicyclic) bond motifs is 6. The first-order valence-corrected chi connectivity index (χ1v) is 9.66. The van der Waals surface area contributed by atoms with Gasteiger partial charge in [-0.2, -0.15) is 10.1 Å². The Balaban J connectivity index is 1.90. The number of carboxylic acid groups (broad SMARTS) is 1. The van der Waals surface area contributed by atoms with Gasteiger partial charge in [-0.3, -0.25) is 14.5 Å². The molecular weight excluding hydrogens is 440 g/mol. The van der Waals surface area contributed by atoms with Crippen LogP contribution in [0.5, 0.6) is 0 Å². The van der Waals surface area contributed by atoms with E-state index in [4.69, 9.17) is 0 Å². The number of nitrogens with zero attached hydrogens (tertiary/aromatic N) is 4. The first kappa shape index (κ1) is 17.7. The summed E-state index contributed by atoms with van der Waals surface area (Å²) in [6, 6.07) is 13.8. The molecule has 2 aliphatic heterocycles. The van der Waals surface area contributed by atoms with Crippen molar-refractivity contribution in [3.8, 4) is 22.6 Å². The van der Waals surface area contributed by atoms with Crippen LogP contribution in [0, 0.1) is 0 Å². The molecule has 9 heteroatoms. The Hall–Kier alpha value is -3.33. The maximum atomic E-state index is 12.8. The van der Waals surface area contributed by atoms with Gasteiger partial charge in [-0.1, -0.05) is 46.3 Å². The molecule has 144 valence electrons. The lowest BCUT2D eigenvalue weighted by Gasteiger charge is -2.41. The summed E-state index contributed by atoms with van der Waals surface area (Å²) in [5, 5.41) is 14.6. The fourth-order valence-electron chi connectivity index (χ4n) is 4.02. The van der Waals surface area contributed by atoms with E-state index in [2.05, 4.69) is 26.0 Å². The molecule has 2 aliphatic rings. The van der Waals surface area contributed by atoms with Crippen molar-refractivity contribution in [2.45, 2.75) is 18.5 Å². The predicted molar refractivity (Wildman–Crippen MR) is 107 cm³/mol. The van der Waals surface area contributed by atoms with E-state index in [0.29, 0.717) is 21.3 Å². The molecule has 0 aliphatic carbocycles. The standard InChI is InChI=1S/C20H13BrN4O4/c21-12-6-7-14-13(10-12)17-22-18(27)16(11-4-2-1-3-5-11)23-25(17)20(19(28)29)9-8-15(26)24(14)20/h1-7,10H,8-9H2,(H,28,29)/t20-/m0/s1. The van der Waals surface area contributed by atoms with E-state index >= 15 is 0 Å². The molecule has 1 N–H and O–H groups in total. The van der Waals surface area contributed by atoms with E-state index in [-0.39, 0.29) is 30.3 Å². The summed E-state index contributed by atoms with van der Waals surface area (Å²) >= 11 is 3.39. The van der Waals surface area contributed by atoms with Gasteiger partial charge in [0.1, 0.15) is 0 Å². The quantitative estimate of drug-likeness (QED) is 0.640. The van der Waals surface area contributed by atoms with Crippen LogP contribution in [0.25, 0.3) is 22.6 Å². The molecule has 3 aromatic rings. The predicted octanol–water partition coefficient (Wildman–Crippen LogP) is 2.61. The molecule has 0 bridgehead atoms. The minimum absolute atomic E-state index is 0.0233. The Kier molecular flexibility index (Phi) is 3.72. The van der Waals surface area contributed by atoms with Crippen molar-refractivity contribution >= 4 is 33.5 Å². The van der Waals surface area contributed by atoms with Crippen LogP contribution in [0.15, 0.2) is 57.8 Å². The number of amides is 1. The first-order valence-electron chi connectivity index (χ1n) is 8.87. The van der Waals surface area contributed by atoms with Crippen LogP contribution in [0.2, 0.25) is 0 Å². The number of hydrogen-bond acceptors (Lipinski definition) is 5. The SMILES string of the molecule is O=C1CC[C@]2(C(=O)O)N1c1ccc(Br)cc1-c1nc(=O)c(-c3ccccc3)nn12. The summed E-state index contributed by atoms with van der Waals surface area (Å²) in [5.74, 6) is -1.42. The average Bonchev–Trinajstić information content (AvgIpc) is 3.07. The van der Waals surface area contributed by atoms with Crippen LogP contribution in [0.1, 0.15) is 12.8 Å². The van der Waals surface area contributed by atoms with Crippen LogP contribution in [0.3, 0.4) is 0 Å². The molecule has 2 aromatic carbocycles. The number of hydrogen-bond donors (Lipinski definition) is 1. The molecular formula is C20H13BrN4O4. The largest absolute Gasteiger partial charge is 0.478 e. The van der Waals surface area contributed by atoms with Crippen LogP contribution in [0.4, 0.5) is 5.69 Å². The zero-order chi connectivity index (χ0) is 20.3. The molecule has 29 heavy (non-hydrogen) atoms. The molecule has 1 atom stereocenters. The number of rotatable bonds is 2. The molecule has 8 nitrogen and oxygen atoms in total. The number of aliphatic carboxylic acids is 1. The number of benzene rings is 2. The van der Waals surface area contributed by atoms with Gasteiger partial charge in [-0.05, 0) is 18.2 Å². The average molecular weight is 453 g/mol. The van der Waals surface area contributed by atoms with Crippen molar-refractivity contribution in [2.24, 2.45) is 0 Å². The fraction of sp³-hybridized carbons (Fsp3) is 0.150. The Morgan fingerprint density at radius 3 is 2.62 bits per heavy atom. The summed E-state index contributed by atoms with van der Waals surface area (Å²) < 4.78 is 1.93. The Labute approximate surface area is 172 Å². The minimum Gasteiger partial charge on any atom is -0.478 e. The summed E-state index contributed by atoms with van der Waals surface area (Å²) in [5.41, 5.74) is -0.900.